The first kappa shape index (κ1) is 18.0. The largest absolute Gasteiger partial charge is 0.481 e. The molecular weight excluding hydrogens is 294 g/mol. The molecule has 0 unspecified atom stereocenters. The fraction of sp³-hybridized carbons (Fsp3) is 0.882. The Balaban J connectivity index is 1.68. The molecule has 0 aromatic carbocycles. The summed E-state index contributed by atoms with van der Waals surface area (Å²) in [7, 11) is 0. The molecule has 0 radical (unpaired) electrons. The van der Waals surface area contributed by atoms with Gasteiger partial charge < -0.3 is 15.3 Å². The number of aliphatic carboxylic acids is 1. The second-order valence-electron chi connectivity index (χ2n) is 7.21. The Kier molecular flexibility index (Phi) is 6.69. The number of nitrogens with zero attached hydrogens (tertiary/aromatic N) is 2. The monoisotopic (exact) mass is 325 g/mol. The maximum Gasteiger partial charge on any atom is 0.317 e. The summed E-state index contributed by atoms with van der Waals surface area (Å²) < 4.78 is 0. The molecular formula is C17H31N3O3. The van der Waals surface area contributed by atoms with Gasteiger partial charge >= 0.3 is 12.0 Å². The molecule has 2 aliphatic rings. The van der Waals surface area contributed by atoms with Crippen LogP contribution in [0.4, 0.5) is 4.79 Å². The highest BCUT2D eigenvalue weighted by Crippen LogP contribution is 2.32. The first-order valence-electron chi connectivity index (χ1n) is 8.96. The van der Waals surface area contributed by atoms with Gasteiger partial charge in [-0.05, 0) is 37.5 Å². The Morgan fingerprint density at radius 3 is 2.22 bits per heavy atom. The van der Waals surface area contributed by atoms with Gasteiger partial charge in [0, 0.05) is 38.8 Å². The van der Waals surface area contributed by atoms with E-state index >= 15 is 0 Å². The normalized spacial score (nSPS) is 26.3. The Bertz CT molecular complexity index is 398. The van der Waals surface area contributed by atoms with Gasteiger partial charge in [0.15, 0.2) is 0 Å². The van der Waals surface area contributed by atoms with E-state index in [0.717, 1.165) is 38.0 Å². The van der Waals surface area contributed by atoms with Crippen molar-refractivity contribution in [3.63, 3.8) is 0 Å². The zero-order valence-electron chi connectivity index (χ0n) is 14.5. The predicted octanol–water partition coefficient (Wildman–Crippen LogP) is 2.00. The second kappa shape index (κ2) is 8.52. The van der Waals surface area contributed by atoms with Gasteiger partial charge in [-0.1, -0.05) is 13.8 Å². The van der Waals surface area contributed by atoms with Crippen molar-refractivity contribution >= 4 is 12.0 Å². The van der Waals surface area contributed by atoms with Gasteiger partial charge in [0.1, 0.15) is 0 Å². The van der Waals surface area contributed by atoms with E-state index in [1.165, 1.54) is 25.7 Å². The van der Waals surface area contributed by atoms with E-state index in [-0.39, 0.29) is 19.0 Å². The summed E-state index contributed by atoms with van der Waals surface area (Å²) in [5.74, 6) is 0.793. The van der Waals surface area contributed by atoms with Crippen LogP contribution in [0.1, 0.15) is 46.0 Å². The zero-order valence-corrected chi connectivity index (χ0v) is 14.5. The van der Waals surface area contributed by atoms with Crippen LogP contribution < -0.4 is 5.32 Å². The van der Waals surface area contributed by atoms with E-state index in [2.05, 4.69) is 24.1 Å². The molecule has 0 bridgehead atoms. The maximum atomic E-state index is 12.0. The van der Waals surface area contributed by atoms with Crippen LogP contribution in [0.2, 0.25) is 0 Å². The lowest BCUT2D eigenvalue weighted by Crippen LogP contribution is -2.54. The lowest BCUT2D eigenvalue weighted by Gasteiger charge is -2.42. The molecule has 2 amide bonds. The first-order valence-corrected chi connectivity index (χ1v) is 8.96. The van der Waals surface area contributed by atoms with Gasteiger partial charge in [-0.15, -0.1) is 0 Å². The van der Waals surface area contributed by atoms with Crippen molar-refractivity contribution < 1.29 is 14.7 Å². The zero-order chi connectivity index (χ0) is 16.8. The van der Waals surface area contributed by atoms with Gasteiger partial charge in [-0.25, -0.2) is 4.79 Å². The van der Waals surface area contributed by atoms with Crippen LogP contribution in [0.3, 0.4) is 0 Å². The number of amides is 2. The third-order valence-corrected chi connectivity index (χ3v) is 5.42. The number of nitrogens with one attached hydrogen (secondary N) is 1. The topological polar surface area (TPSA) is 72.9 Å². The van der Waals surface area contributed by atoms with Gasteiger partial charge in [-0.3, -0.25) is 9.69 Å². The van der Waals surface area contributed by atoms with Crippen molar-refractivity contribution in [2.45, 2.75) is 52.0 Å². The number of carboxylic acids is 1. The molecule has 2 fully saturated rings. The lowest BCUT2D eigenvalue weighted by atomic mass is 9.79. The number of carboxylic acid groups (broad SMARTS) is 1. The van der Waals surface area contributed by atoms with Gasteiger partial charge in [0.2, 0.25) is 0 Å². The maximum absolute atomic E-state index is 12.0. The molecule has 1 saturated heterocycles. The van der Waals surface area contributed by atoms with Crippen molar-refractivity contribution in [3.8, 4) is 0 Å². The molecule has 1 heterocycles. The standard InChI is InChI=1S/C17H31N3O3/c1-13(2)14-3-5-15(6-4-14)19-9-11-20(12-10-19)17(23)18-8-7-16(21)22/h13-15H,3-12H2,1-2H3,(H,18,23)(H,21,22). The van der Waals surface area contributed by atoms with Crippen LogP contribution in [0.15, 0.2) is 0 Å². The van der Waals surface area contributed by atoms with Crippen molar-refractivity contribution in [1.29, 1.82) is 0 Å². The number of carbonyl (C=O) groups is 2. The SMILES string of the molecule is CC(C)C1CCC(N2CCN(C(=O)NCCC(=O)O)CC2)CC1. The third kappa shape index (κ3) is 5.37. The molecule has 23 heavy (non-hydrogen) atoms. The van der Waals surface area contributed by atoms with Crippen LogP contribution in [0.25, 0.3) is 0 Å². The number of carbonyl (C=O) groups excluding carboxylic acids is 1. The van der Waals surface area contributed by atoms with Crippen molar-refractivity contribution in [3.05, 3.63) is 0 Å². The lowest BCUT2D eigenvalue weighted by molar-refractivity contribution is -0.136. The first-order chi connectivity index (χ1) is 11.0. The molecule has 2 rings (SSSR count). The van der Waals surface area contributed by atoms with Crippen LogP contribution in [0, 0.1) is 11.8 Å². The van der Waals surface area contributed by atoms with Crippen LogP contribution in [-0.4, -0.2) is 65.7 Å². The number of piperazine rings is 1. The highest BCUT2D eigenvalue weighted by Gasteiger charge is 2.30. The summed E-state index contributed by atoms with van der Waals surface area (Å²) in [6.07, 6.45) is 5.21. The van der Waals surface area contributed by atoms with E-state index in [1.54, 1.807) is 4.90 Å². The Morgan fingerprint density at radius 2 is 1.70 bits per heavy atom. The molecule has 2 N–H and O–H groups in total. The van der Waals surface area contributed by atoms with Crippen LogP contribution >= 0.6 is 0 Å². The minimum Gasteiger partial charge on any atom is -0.481 e. The summed E-state index contributed by atoms with van der Waals surface area (Å²) in [5, 5.41) is 11.3. The van der Waals surface area contributed by atoms with Crippen LogP contribution in [0.5, 0.6) is 0 Å². The average Bonchev–Trinajstić information content (AvgIpc) is 2.54. The molecule has 6 heteroatoms. The molecule has 0 spiro atoms. The average molecular weight is 325 g/mol. The summed E-state index contributed by atoms with van der Waals surface area (Å²) in [5.41, 5.74) is 0. The summed E-state index contributed by atoms with van der Waals surface area (Å²) in [4.78, 5) is 26.8. The van der Waals surface area contributed by atoms with Gasteiger partial charge in [-0.2, -0.15) is 0 Å². The molecule has 1 saturated carbocycles. The number of hydrogen-bond donors (Lipinski definition) is 2. The molecule has 1 aliphatic carbocycles. The van der Waals surface area contributed by atoms with E-state index in [0.29, 0.717) is 6.04 Å². The van der Waals surface area contributed by atoms with Crippen LogP contribution in [-0.2, 0) is 4.79 Å². The molecule has 0 aromatic heterocycles. The van der Waals surface area contributed by atoms with Crippen molar-refractivity contribution in [2.24, 2.45) is 11.8 Å². The fourth-order valence-electron chi connectivity index (χ4n) is 3.81. The van der Waals surface area contributed by atoms with Crippen molar-refractivity contribution in [1.82, 2.24) is 15.1 Å². The molecule has 1 aliphatic heterocycles. The predicted molar refractivity (Wildman–Crippen MR) is 89.4 cm³/mol. The minimum atomic E-state index is -0.882. The van der Waals surface area contributed by atoms with E-state index in [1.807, 2.05) is 0 Å². The smallest absolute Gasteiger partial charge is 0.317 e. The molecule has 6 nitrogen and oxygen atoms in total. The minimum absolute atomic E-state index is 0.0230. The van der Waals surface area contributed by atoms with E-state index < -0.39 is 5.97 Å². The van der Waals surface area contributed by atoms with Gasteiger partial charge in [0.05, 0.1) is 6.42 Å². The number of hydrogen-bond acceptors (Lipinski definition) is 3. The Labute approximate surface area is 139 Å². The Hall–Kier alpha value is -1.30. The Morgan fingerprint density at radius 1 is 1.09 bits per heavy atom. The molecule has 132 valence electrons. The number of urea groups is 1. The van der Waals surface area contributed by atoms with E-state index in [4.69, 9.17) is 5.11 Å². The number of rotatable bonds is 5. The van der Waals surface area contributed by atoms with E-state index in [9.17, 15) is 9.59 Å². The fourth-order valence-corrected chi connectivity index (χ4v) is 3.81. The summed E-state index contributed by atoms with van der Waals surface area (Å²) in [6.45, 7) is 8.20. The quantitative estimate of drug-likeness (QED) is 0.811. The molecule has 0 atom stereocenters. The second-order valence-corrected chi connectivity index (χ2v) is 7.21. The third-order valence-electron chi connectivity index (χ3n) is 5.42. The summed E-state index contributed by atoms with van der Waals surface area (Å²) in [6, 6.07) is 0.552. The van der Waals surface area contributed by atoms with Gasteiger partial charge in [0.25, 0.3) is 0 Å². The molecule has 0 aromatic rings. The van der Waals surface area contributed by atoms with Crippen molar-refractivity contribution in [2.75, 3.05) is 32.7 Å². The summed E-state index contributed by atoms with van der Waals surface area (Å²) >= 11 is 0. The highest BCUT2D eigenvalue weighted by atomic mass is 16.4. The highest BCUT2D eigenvalue weighted by molar-refractivity contribution is 5.75.